The molecule has 4 rings (SSSR count). The van der Waals surface area contributed by atoms with Crippen LogP contribution < -0.4 is 14.8 Å². The van der Waals surface area contributed by atoms with E-state index in [1.807, 2.05) is 19.1 Å². The normalized spacial score (nSPS) is 15.4. The lowest BCUT2D eigenvalue weighted by molar-refractivity contribution is 0.0117. The Kier molecular flexibility index (Phi) is 7.74. The number of aryl methyl sites for hydroxylation is 1. The van der Waals surface area contributed by atoms with Gasteiger partial charge in [0.1, 0.15) is 17.3 Å². The van der Waals surface area contributed by atoms with Crippen LogP contribution in [0.15, 0.2) is 70.0 Å². The predicted octanol–water partition coefficient (Wildman–Crippen LogP) is 3.20. The fourth-order valence-electron chi connectivity index (χ4n) is 3.90. The molecule has 0 aliphatic carbocycles. The second-order valence-corrected chi connectivity index (χ2v) is 9.87. The van der Waals surface area contributed by atoms with Gasteiger partial charge in [-0.25, -0.2) is 8.42 Å². The topological polar surface area (TPSA) is 110 Å². The number of methoxy groups -OCH3 is 1. The number of morpholine rings is 1. The van der Waals surface area contributed by atoms with Crippen LogP contribution >= 0.6 is 0 Å². The summed E-state index contributed by atoms with van der Waals surface area (Å²) < 4.78 is 44.7. The molecule has 1 aliphatic heterocycles. The second kappa shape index (κ2) is 10.9. The lowest BCUT2D eigenvalue weighted by atomic mass is 10.1. The number of nitrogens with zero attached hydrogens (tertiary/aromatic N) is 1. The standard InChI is InChI=1S/C25H29N3O6S/c1-18-6-11-24(34-18)23(28-12-14-33-15-13-28)17-26-25(29)19-4-3-5-22(16-19)35(30,31)27-20-7-9-21(32-2)10-8-20/h3-11,16,23,27H,12-15,17H2,1-2H3,(H,26,29)/t23-/m1/s1. The van der Waals surface area contributed by atoms with Crippen molar-refractivity contribution in [1.29, 1.82) is 0 Å². The Morgan fingerprint density at radius 1 is 1.09 bits per heavy atom. The third-order valence-corrected chi connectivity index (χ3v) is 7.16. The van der Waals surface area contributed by atoms with Gasteiger partial charge in [-0.2, -0.15) is 0 Å². The van der Waals surface area contributed by atoms with Crippen LogP contribution in [0.25, 0.3) is 0 Å². The third-order valence-electron chi connectivity index (χ3n) is 5.78. The van der Waals surface area contributed by atoms with Crippen molar-refractivity contribution in [3.05, 3.63) is 77.7 Å². The highest BCUT2D eigenvalue weighted by Crippen LogP contribution is 2.24. The van der Waals surface area contributed by atoms with Gasteiger partial charge in [-0.15, -0.1) is 0 Å². The first kappa shape index (κ1) is 24.8. The van der Waals surface area contributed by atoms with Crippen molar-refractivity contribution >= 4 is 21.6 Å². The zero-order valence-corrected chi connectivity index (χ0v) is 20.5. The Morgan fingerprint density at radius 3 is 2.49 bits per heavy atom. The van der Waals surface area contributed by atoms with Crippen LogP contribution in [-0.2, 0) is 14.8 Å². The molecule has 35 heavy (non-hydrogen) atoms. The molecule has 9 nitrogen and oxygen atoms in total. The summed E-state index contributed by atoms with van der Waals surface area (Å²) in [5.41, 5.74) is 0.640. The highest BCUT2D eigenvalue weighted by molar-refractivity contribution is 7.92. The van der Waals surface area contributed by atoms with E-state index in [-0.39, 0.29) is 22.4 Å². The highest BCUT2D eigenvalue weighted by Gasteiger charge is 2.26. The average Bonchev–Trinajstić information content (AvgIpc) is 3.31. The third kappa shape index (κ3) is 6.21. The summed E-state index contributed by atoms with van der Waals surface area (Å²) in [6.07, 6.45) is 0. The van der Waals surface area contributed by atoms with Gasteiger partial charge in [-0.05, 0) is 61.5 Å². The average molecular weight is 500 g/mol. The zero-order chi connectivity index (χ0) is 24.8. The second-order valence-electron chi connectivity index (χ2n) is 8.18. The van der Waals surface area contributed by atoms with Crippen LogP contribution in [0.5, 0.6) is 5.75 Å². The Bertz CT molecular complexity index is 1250. The van der Waals surface area contributed by atoms with Crippen molar-refractivity contribution in [2.45, 2.75) is 17.9 Å². The Morgan fingerprint density at radius 2 is 1.83 bits per heavy atom. The Labute approximate surface area is 205 Å². The molecule has 2 N–H and O–H groups in total. The monoisotopic (exact) mass is 499 g/mol. The predicted molar refractivity (Wildman–Crippen MR) is 131 cm³/mol. The summed E-state index contributed by atoms with van der Waals surface area (Å²) in [6.45, 7) is 4.88. The van der Waals surface area contributed by atoms with Crippen molar-refractivity contribution in [2.75, 3.05) is 44.7 Å². The number of sulfonamides is 1. The van der Waals surface area contributed by atoms with Gasteiger partial charge < -0.3 is 19.2 Å². The minimum absolute atomic E-state index is 0.00708. The van der Waals surface area contributed by atoms with Gasteiger partial charge >= 0.3 is 0 Å². The van der Waals surface area contributed by atoms with Gasteiger partial charge in [0.25, 0.3) is 15.9 Å². The van der Waals surface area contributed by atoms with Gasteiger partial charge in [0.15, 0.2) is 0 Å². The number of amides is 1. The number of anilines is 1. The molecule has 1 amide bonds. The maximum Gasteiger partial charge on any atom is 0.261 e. The van der Waals surface area contributed by atoms with Crippen molar-refractivity contribution in [3.63, 3.8) is 0 Å². The Hall–Kier alpha value is -3.34. The number of carbonyl (C=O) groups is 1. The maximum atomic E-state index is 13.0. The van der Waals surface area contributed by atoms with Crippen molar-refractivity contribution in [1.82, 2.24) is 10.2 Å². The highest BCUT2D eigenvalue weighted by atomic mass is 32.2. The van der Waals surface area contributed by atoms with Gasteiger partial charge in [0, 0.05) is 30.9 Å². The minimum Gasteiger partial charge on any atom is -0.497 e. The summed E-state index contributed by atoms with van der Waals surface area (Å²) in [7, 11) is -2.35. The molecule has 0 radical (unpaired) electrons. The summed E-state index contributed by atoms with van der Waals surface area (Å²) in [4.78, 5) is 15.2. The first-order valence-corrected chi connectivity index (χ1v) is 12.8. The van der Waals surface area contributed by atoms with E-state index in [1.54, 1.807) is 36.4 Å². The molecule has 0 spiro atoms. The summed E-state index contributed by atoms with van der Waals surface area (Å²) in [6, 6.07) is 16.1. The SMILES string of the molecule is COc1ccc(NS(=O)(=O)c2cccc(C(=O)NC[C@H](c3ccc(C)o3)N3CCOCC3)c2)cc1. The van der Waals surface area contributed by atoms with Crippen LogP contribution in [-0.4, -0.2) is 59.2 Å². The van der Waals surface area contributed by atoms with Gasteiger partial charge in [0.05, 0.1) is 31.3 Å². The van der Waals surface area contributed by atoms with Crippen LogP contribution in [0, 0.1) is 6.92 Å². The molecular weight excluding hydrogens is 470 g/mol. The number of ether oxygens (including phenoxy) is 2. The number of hydrogen-bond acceptors (Lipinski definition) is 7. The van der Waals surface area contributed by atoms with E-state index in [4.69, 9.17) is 13.9 Å². The fourth-order valence-corrected chi connectivity index (χ4v) is 5.00. The van der Waals surface area contributed by atoms with E-state index in [0.717, 1.165) is 24.6 Å². The number of furan rings is 1. The molecular formula is C25H29N3O6S. The largest absolute Gasteiger partial charge is 0.497 e. The number of carbonyl (C=O) groups excluding carboxylic acids is 1. The zero-order valence-electron chi connectivity index (χ0n) is 19.7. The van der Waals surface area contributed by atoms with E-state index in [0.29, 0.717) is 31.2 Å². The van der Waals surface area contributed by atoms with E-state index in [2.05, 4.69) is 14.9 Å². The molecule has 1 aliphatic rings. The first-order chi connectivity index (χ1) is 16.9. The van der Waals surface area contributed by atoms with Crippen LogP contribution in [0.4, 0.5) is 5.69 Å². The first-order valence-electron chi connectivity index (χ1n) is 11.3. The fraction of sp³-hybridized carbons (Fsp3) is 0.320. The molecule has 0 unspecified atom stereocenters. The summed E-state index contributed by atoms with van der Waals surface area (Å²) in [5.74, 6) is 1.82. The quantitative estimate of drug-likeness (QED) is 0.465. The molecule has 1 saturated heterocycles. The molecule has 1 fully saturated rings. The molecule has 0 saturated carbocycles. The lowest BCUT2D eigenvalue weighted by Gasteiger charge is -2.33. The maximum absolute atomic E-state index is 13.0. The van der Waals surface area contributed by atoms with E-state index in [1.165, 1.54) is 19.2 Å². The molecule has 0 bridgehead atoms. The van der Waals surface area contributed by atoms with Gasteiger partial charge in [-0.3, -0.25) is 14.4 Å². The number of rotatable bonds is 9. The van der Waals surface area contributed by atoms with E-state index < -0.39 is 10.0 Å². The summed E-state index contributed by atoms with van der Waals surface area (Å²) >= 11 is 0. The van der Waals surface area contributed by atoms with Crippen LogP contribution in [0.2, 0.25) is 0 Å². The number of benzene rings is 2. The Balaban J connectivity index is 1.46. The van der Waals surface area contributed by atoms with Crippen LogP contribution in [0.1, 0.15) is 27.9 Å². The molecule has 2 aromatic carbocycles. The number of nitrogens with one attached hydrogen (secondary N) is 2. The molecule has 10 heteroatoms. The van der Waals surface area contributed by atoms with E-state index >= 15 is 0 Å². The van der Waals surface area contributed by atoms with Gasteiger partial charge in [0.2, 0.25) is 0 Å². The van der Waals surface area contributed by atoms with Crippen LogP contribution in [0.3, 0.4) is 0 Å². The molecule has 3 aromatic rings. The number of hydrogen-bond donors (Lipinski definition) is 2. The van der Waals surface area contributed by atoms with Crippen molar-refractivity contribution in [2.24, 2.45) is 0 Å². The van der Waals surface area contributed by atoms with Crippen molar-refractivity contribution < 1.29 is 27.1 Å². The van der Waals surface area contributed by atoms with E-state index in [9.17, 15) is 13.2 Å². The lowest BCUT2D eigenvalue weighted by Crippen LogP contribution is -2.43. The molecule has 2 heterocycles. The summed E-state index contributed by atoms with van der Waals surface area (Å²) in [5, 5.41) is 2.93. The molecule has 186 valence electrons. The smallest absolute Gasteiger partial charge is 0.261 e. The molecule has 1 aromatic heterocycles. The van der Waals surface area contributed by atoms with Crippen molar-refractivity contribution in [3.8, 4) is 5.75 Å². The minimum atomic E-state index is -3.89. The molecule has 1 atom stereocenters. The van der Waals surface area contributed by atoms with Gasteiger partial charge in [-0.1, -0.05) is 6.07 Å².